The van der Waals surface area contributed by atoms with Crippen LogP contribution in [0.2, 0.25) is 0 Å². The fourth-order valence-corrected chi connectivity index (χ4v) is 6.02. The van der Waals surface area contributed by atoms with Gasteiger partial charge in [0.25, 0.3) is 7.82 Å². The van der Waals surface area contributed by atoms with Crippen LogP contribution in [0.1, 0.15) is 155 Å². The third-order valence-corrected chi connectivity index (χ3v) is 9.52. The number of carbonyl (C=O) groups excluding carboxylic acids is 1. The average molecular weight is 766 g/mol. The first kappa shape index (κ1) is 51.2. The summed E-state index contributed by atoms with van der Waals surface area (Å²) in [5, 5.41) is 0. The minimum Gasteiger partial charge on any atom is -0.756 e. The highest BCUT2D eigenvalue weighted by Gasteiger charge is 2.20. The molecule has 0 rings (SSSR count). The number of nitrogens with zero attached hydrogens (tertiary/aromatic N) is 1. The second-order valence-corrected chi connectivity index (χ2v) is 16.4. The average Bonchev–Trinajstić information content (AvgIpc) is 3.11. The lowest BCUT2D eigenvalue weighted by Gasteiger charge is -2.28. The van der Waals surface area contributed by atoms with E-state index in [-0.39, 0.29) is 32.2 Å². The minimum atomic E-state index is -4.53. The van der Waals surface area contributed by atoms with Crippen LogP contribution in [0.25, 0.3) is 0 Å². The summed E-state index contributed by atoms with van der Waals surface area (Å²) in [5.74, 6) is -0.362. The van der Waals surface area contributed by atoms with E-state index in [9.17, 15) is 14.3 Å². The van der Waals surface area contributed by atoms with Crippen LogP contribution in [-0.2, 0) is 27.9 Å². The van der Waals surface area contributed by atoms with Crippen molar-refractivity contribution in [3.8, 4) is 0 Å². The van der Waals surface area contributed by atoms with Crippen LogP contribution in [0.15, 0.2) is 60.8 Å². The highest BCUT2D eigenvalue weighted by atomic mass is 31.2. The molecule has 0 N–H and O–H groups in total. The van der Waals surface area contributed by atoms with Gasteiger partial charge in [-0.3, -0.25) is 9.36 Å². The molecular formula is C44H80NO7P. The third-order valence-electron chi connectivity index (χ3n) is 8.55. The molecule has 0 aromatic carbocycles. The first-order valence-corrected chi connectivity index (χ1v) is 22.5. The topological polar surface area (TPSA) is 94.1 Å². The van der Waals surface area contributed by atoms with Crippen molar-refractivity contribution in [3.63, 3.8) is 0 Å². The van der Waals surface area contributed by atoms with E-state index in [4.69, 9.17) is 18.5 Å². The normalized spacial score (nSPS) is 14.5. The summed E-state index contributed by atoms with van der Waals surface area (Å²) in [6.07, 6.45) is 45.1. The van der Waals surface area contributed by atoms with Gasteiger partial charge in [0.2, 0.25) is 0 Å². The quantitative estimate of drug-likeness (QED) is 0.0203. The molecule has 0 aliphatic carbocycles. The molecule has 0 heterocycles. The van der Waals surface area contributed by atoms with Gasteiger partial charge in [0.1, 0.15) is 19.3 Å². The monoisotopic (exact) mass is 766 g/mol. The van der Waals surface area contributed by atoms with E-state index >= 15 is 0 Å². The molecular weight excluding hydrogens is 685 g/mol. The summed E-state index contributed by atoms with van der Waals surface area (Å²) in [6, 6.07) is 0. The molecule has 0 fully saturated rings. The van der Waals surface area contributed by atoms with Crippen molar-refractivity contribution in [1.29, 1.82) is 0 Å². The van der Waals surface area contributed by atoms with Crippen molar-refractivity contribution in [2.45, 2.75) is 161 Å². The van der Waals surface area contributed by atoms with Crippen molar-refractivity contribution in [2.75, 3.05) is 54.1 Å². The molecule has 0 saturated heterocycles. The lowest BCUT2D eigenvalue weighted by molar-refractivity contribution is -0.870. The largest absolute Gasteiger partial charge is 0.756 e. The summed E-state index contributed by atoms with van der Waals surface area (Å²) < 4.78 is 34.5. The van der Waals surface area contributed by atoms with E-state index in [1.807, 2.05) is 21.1 Å². The second kappa shape index (κ2) is 37.1. The Labute approximate surface area is 326 Å². The van der Waals surface area contributed by atoms with E-state index in [1.54, 1.807) is 0 Å². The molecule has 53 heavy (non-hydrogen) atoms. The van der Waals surface area contributed by atoms with E-state index in [2.05, 4.69) is 74.6 Å². The Morgan fingerprint density at radius 3 is 1.66 bits per heavy atom. The second-order valence-electron chi connectivity index (χ2n) is 15.0. The predicted octanol–water partition coefficient (Wildman–Crippen LogP) is 11.5. The molecule has 0 aromatic heterocycles. The zero-order chi connectivity index (χ0) is 39.1. The van der Waals surface area contributed by atoms with E-state index in [0.29, 0.717) is 17.6 Å². The molecule has 9 heteroatoms. The van der Waals surface area contributed by atoms with E-state index in [1.165, 1.54) is 64.2 Å². The number of esters is 1. The van der Waals surface area contributed by atoms with Gasteiger partial charge >= 0.3 is 5.97 Å². The highest BCUT2D eigenvalue weighted by Crippen LogP contribution is 2.38. The van der Waals surface area contributed by atoms with Gasteiger partial charge < -0.3 is 27.9 Å². The number of likely N-dealkylation sites (N-methyl/N-ethyl adjacent to an activating group) is 1. The first-order valence-electron chi connectivity index (χ1n) is 21.0. The molecule has 308 valence electrons. The van der Waals surface area contributed by atoms with Crippen molar-refractivity contribution < 1.29 is 37.3 Å². The van der Waals surface area contributed by atoms with Crippen LogP contribution in [0.3, 0.4) is 0 Å². The van der Waals surface area contributed by atoms with Gasteiger partial charge in [-0.15, -0.1) is 0 Å². The molecule has 0 aromatic rings. The molecule has 8 nitrogen and oxygen atoms in total. The zero-order valence-corrected chi connectivity index (χ0v) is 35.6. The maximum Gasteiger partial charge on any atom is 0.306 e. The molecule has 0 radical (unpaired) electrons. The molecule has 0 amide bonds. The lowest BCUT2D eigenvalue weighted by atomic mass is 10.1. The Morgan fingerprint density at radius 1 is 0.604 bits per heavy atom. The fourth-order valence-electron chi connectivity index (χ4n) is 5.29. The number of phosphoric ester groups is 1. The molecule has 0 aliphatic heterocycles. The number of phosphoric acid groups is 1. The van der Waals surface area contributed by atoms with Crippen molar-refractivity contribution >= 4 is 13.8 Å². The molecule has 2 atom stereocenters. The molecule has 0 saturated carbocycles. The maximum absolute atomic E-state index is 12.6. The Hall–Kier alpha value is -1.80. The molecule has 0 aliphatic rings. The fraction of sp³-hybridized carbons (Fsp3) is 0.750. The lowest BCUT2D eigenvalue weighted by Crippen LogP contribution is -2.37. The van der Waals surface area contributed by atoms with E-state index < -0.39 is 13.9 Å². The number of hydrogen-bond acceptors (Lipinski definition) is 7. The third kappa shape index (κ3) is 41.2. The number of unbranched alkanes of at least 4 members (excludes halogenated alkanes) is 14. The number of ether oxygens (including phenoxy) is 2. The first-order chi connectivity index (χ1) is 25.6. The molecule has 0 spiro atoms. The summed E-state index contributed by atoms with van der Waals surface area (Å²) in [7, 11) is 1.33. The van der Waals surface area contributed by atoms with E-state index in [0.717, 1.165) is 70.6 Å². The molecule has 1 unspecified atom stereocenters. The zero-order valence-electron chi connectivity index (χ0n) is 34.7. The Kier molecular flexibility index (Phi) is 35.9. The standard InChI is InChI=1S/C44H80NO7P/c1-6-8-10-12-14-16-18-20-22-23-24-25-27-29-31-33-35-37-44(46)52-43(42-51-53(47,48)50-40-38-45(3,4)5)41-49-39-36-34-32-30-28-26-21-19-17-15-13-11-9-7-2/h8,10,14,16-17,19-20,22,24-25,43H,6-7,9,11-13,15,18,21,23,26-42H2,1-5H3/b10-8-,16-14-,19-17-,22-20-,25-24-/t43-/m1/s1. The van der Waals surface area contributed by atoms with Crippen LogP contribution in [0.5, 0.6) is 0 Å². The molecule has 0 bridgehead atoms. The van der Waals surface area contributed by atoms with Crippen LogP contribution in [-0.4, -0.2) is 70.7 Å². The van der Waals surface area contributed by atoms with Crippen molar-refractivity contribution in [2.24, 2.45) is 0 Å². The maximum atomic E-state index is 12.6. The van der Waals surface area contributed by atoms with Crippen LogP contribution < -0.4 is 4.89 Å². The van der Waals surface area contributed by atoms with Gasteiger partial charge in [0.15, 0.2) is 0 Å². The van der Waals surface area contributed by atoms with Crippen LogP contribution in [0, 0.1) is 0 Å². The summed E-state index contributed by atoms with van der Waals surface area (Å²) in [5.41, 5.74) is 0. The van der Waals surface area contributed by atoms with Crippen LogP contribution >= 0.6 is 7.82 Å². The van der Waals surface area contributed by atoms with Gasteiger partial charge in [0.05, 0.1) is 34.4 Å². The van der Waals surface area contributed by atoms with Gasteiger partial charge in [0, 0.05) is 13.0 Å². The highest BCUT2D eigenvalue weighted by molar-refractivity contribution is 7.45. The Bertz CT molecular complexity index is 1030. The number of quaternary nitrogens is 1. The minimum absolute atomic E-state index is 0.0172. The van der Waals surface area contributed by atoms with Crippen molar-refractivity contribution in [3.05, 3.63) is 60.8 Å². The van der Waals surface area contributed by atoms with Crippen molar-refractivity contribution in [1.82, 2.24) is 0 Å². The van der Waals surface area contributed by atoms with Gasteiger partial charge in [-0.2, -0.15) is 0 Å². The van der Waals surface area contributed by atoms with Crippen LogP contribution in [0.4, 0.5) is 0 Å². The number of hydrogen-bond donors (Lipinski definition) is 0. The number of carbonyl (C=O) groups is 1. The predicted molar refractivity (Wildman–Crippen MR) is 222 cm³/mol. The van der Waals surface area contributed by atoms with Gasteiger partial charge in [-0.05, 0) is 77.0 Å². The number of allylic oxidation sites excluding steroid dienone is 10. The Balaban J connectivity index is 4.33. The Morgan fingerprint density at radius 2 is 1.09 bits per heavy atom. The summed E-state index contributed by atoms with van der Waals surface area (Å²) in [4.78, 5) is 25.0. The number of rotatable bonds is 38. The summed E-state index contributed by atoms with van der Waals surface area (Å²) in [6.45, 7) is 5.22. The van der Waals surface area contributed by atoms with Gasteiger partial charge in [-0.1, -0.05) is 132 Å². The SMILES string of the molecule is CC/C=C\C/C=C\C/C=C\C/C=C\CCCCCCC(=O)O[C@H](COCCCCCCCC/C=C\CCCCCC)COP(=O)([O-])OCC[N+](C)(C)C. The summed E-state index contributed by atoms with van der Waals surface area (Å²) >= 11 is 0. The van der Waals surface area contributed by atoms with Gasteiger partial charge in [-0.25, -0.2) is 0 Å². The smallest absolute Gasteiger partial charge is 0.306 e.